The first-order chi connectivity index (χ1) is 6.65. The molecule has 1 rings (SSSR count). The topological polar surface area (TPSA) is 80.9 Å². The number of nitrogens with zero attached hydrogens (tertiary/aromatic N) is 2. The van der Waals surface area contributed by atoms with Gasteiger partial charge in [-0.25, -0.2) is 0 Å². The summed E-state index contributed by atoms with van der Waals surface area (Å²) in [5.74, 6) is -0.130. The molecule has 5 nitrogen and oxygen atoms in total. The lowest BCUT2D eigenvalue weighted by Crippen LogP contribution is -2.35. The van der Waals surface area contributed by atoms with Gasteiger partial charge in [0.05, 0.1) is 5.69 Å². The molecule has 0 fully saturated rings. The van der Waals surface area contributed by atoms with Crippen LogP contribution in [0, 0.1) is 0 Å². The third-order valence-electron chi connectivity index (χ3n) is 1.68. The molecule has 1 heterocycles. The Balaban J connectivity index is 2.60. The van der Waals surface area contributed by atoms with Crippen molar-refractivity contribution in [3.05, 3.63) is 10.6 Å². The van der Waals surface area contributed by atoms with Crippen molar-refractivity contribution in [1.29, 1.82) is 0 Å². The normalized spacial score (nSPS) is 12.5. The van der Waals surface area contributed by atoms with E-state index in [-0.39, 0.29) is 11.9 Å². The summed E-state index contributed by atoms with van der Waals surface area (Å²) in [4.78, 5) is 12.1. The number of hydrogen-bond donors (Lipinski definition) is 2. The van der Waals surface area contributed by atoms with Crippen LogP contribution in [0.1, 0.15) is 29.2 Å². The first kappa shape index (κ1) is 11.1. The SMILES string of the molecule is CCc1nnsc1C(=O)NCC(C)N. The van der Waals surface area contributed by atoms with E-state index in [0.717, 1.165) is 23.6 Å². The number of nitrogens with one attached hydrogen (secondary N) is 1. The zero-order chi connectivity index (χ0) is 10.6. The lowest BCUT2D eigenvalue weighted by atomic mass is 10.3. The summed E-state index contributed by atoms with van der Waals surface area (Å²) >= 11 is 1.12. The number of aromatic nitrogens is 2. The van der Waals surface area contributed by atoms with Crippen LogP contribution in [0.4, 0.5) is 0 Å². The molecule has 0 aliphatic carbocycles. The van der Waals surface area contributed by atoms with Gasteiger partial charge in [-0.05, 0) is 24.9 Å². The summed E-state index contributed by atoms with van der Waals surface area (Å²) in [6.07, 6.45) is 0.720. The summed E-state index contributed by atoms with van der Waals surface area (Å²) in [6, 6.07) is -0.0371. The molecule has 1 unspecified atom stereocenters. The zero-order valence-corrected chi connectivity index (χ0v) is 9.10. The second kappa shape index (κ2) is 5.02. The van der Waals surface area contributed by atoms with Crippen LogP contribution >= 0.6 is 11.5 Å². The standard InChI is InChI=1S/C8H14N4OS/c1-3-6-7(14-12-11-6)8(13)10-4-5(2)9/h5H,3-4,9H2,1-2H3,(H,10,13). The van der Waals surface area contributed by atoms with E-state index in [9.17, 15) is 4.79 Å². The fourth-order valence-corrected chi connectivity index (χ4v) is 1.61. The van der Waals surface area contributed by atoms with Gasteiger partial charge in [-0.3, -0.25) is 4.79 Å². The second-order valence-electron chi connectivity index (χ2n) is 3.09. The molecule has 1 aromatic rings. The first-order valence-electron chi connectivity index (χ1n) is 4.50. The van der Waals surface area contributed by atoms with Gasteiger partial charge in [0.2, 0.25) is 0 Å². The maximum absolute atomic E-state index is 11.6. The van der Waals surface area contributed by atoms with Crippen LogP contribution in [0.25, 0.3) is 0 Å². The fourth-order valence-electron chi connectivity index (χ4n) is 0.946. The first-order valence-corrected chi connectivity index (χ1v) is 5.27. The third kappa shape index (κ3) is 2.74. The van der Waals surface area contributed by atoms with Gasteiger partial charge in [-0.15, -0.1) is 5.10 Å². The van der Waals surface area contributed by atoms with Gasteiger partial charge >= 0.3 is 0 Å². The van der Waals surface area contributed by atoms with Crippen molar-refractivity contribution >= 4 is 17.4 Å². The van der Waals surface area contributed by atoms with Gasteiger partial charge in [-0.1, -0.05) is 11.4 Å². The van der Waals surface area contributed by atoms with E-state index in [4.69, 9.17) is 5.73 Å². The quantitative estimate of drug-likeness (QED) is 0.749. The van der Waals surface area contributed by atoms with E-state index in [1.807, 2.05) is 13.8 Å². The summed E-state index contributed by atoms with van der Waals surface area (Å²) in [6.45, 7) is 4.25. The van der Waals surface area contributed by atoms with Crippen LogP contribution in [0.3, 0.4) is 0 Å². The Morgan fingerprint density at radius 3 is 3.00 bits per heavy atom. The van der Waals surface area contributed by atoms with Crippen molar-refractivity contribution < 1.29 is 4.79 Å². The molecular weight excluding hydrogens is 200 g/mol. The zero-order valence-electron chi connectivity index (χ0n) is 8.28. The maximum Gasteiger partial charge on any atom is 0.265 e. The predicted molar refractivity (Wildman–Crippen MR) is 55.3 cm³/mol. The highest BCUT2D eigenvalue weighted by Crippen LogP contribution is 2.10. The van der Waals surface area contributed by atoms with Gasteiger partial charge in [0.15, 0.2) is 0 Å². The molecule has 0 aromatic carbocycles. The Labute approximate surface area is 86.9 Å². The average Bonchev–Trinajstić information content (AvgIpc) is 2.61. The molecule has 0 radical (unpaired) electrons. The van der Waals surface area contributed by atoms with E-state index >= 15 is 0 Å². The van der Waals surface area contributed by atoms with Crippen molar-refractivity contribution in [2.45, 2.75) is 26.3 Å². The molecule has 1 atom stereocenters. The number of hydrogen-bond acceptors (Lipinski definition) is 5. The summed E-state index contributed by atoms with van der Waals surface area (Å²) < 4.78 is 3.74. The Morgan fingerprint density at radius 2 is 2.43 bits per heavy atom. The number of amides is 1. The Hall–Kier alpha value is -1.01. The fraction of sp³-hybridized carbons (Fsp3) is 0.625. The van der Waals surface area contributed by atoms with Crippen molar-refractivity contribution in [3.8, 4) is 0 Å². The molecular formula is C8H14N4OS. The molecule has 0 bridgehead atoms. The Morgan fingerprint density at radius 1 is 1.71 bits per heavy atom. The summed E-state index contributed by atoms with van der Waals surface area (Å²) in [5, 5.41) is 6.58. The molecule has 1 aromatic heterocycles. The number of carbonyl (C=O) groups is 1. The van der Waals surface area contributed by atoms with Crippen LogP contribution in [0.5, 0.6) is 0 Å². The van der Waals surface area contributed by atoms with Gasteiger partial charge in [-0.2, -0.15) is 0 Å². The van der Waals surface area contributed by atoms with Gasteiger partial charge in [0.25, 0.3) is 5.91 Å². The van der Waals surface area contributed by atoms with Gasteiger partial charge < -0.3 is 11.1 Å². The smallest absolute Gasteiger partial charge is 0.265 e. The van der Waals surface area contributed by atoms with Crippen molar-refractivity contribution in [2.75, 3.05) is 6.54 Å². The highest BCUT2D eigenvalue weighted by molar-refractivity contribution is 7.08. The lowest BCUT2D eigenvalue weighted by molar-refractivity contribution is 0.0954. The molecule has 3 N–H and O–H groups in total. The molecule has 0 aliphatic heterocycles. The van der Waals surface area contributed by atoms with Crippen LogP contribution in [0.2, 0.25) is 0 Å². The van der Waals surface area contributed by atoms with Gasteiger partial charge in [0, 0.05) is 12.6 Å². The Bertz CT molecular complexity index is 310. The minimum absolute atomic E-state index is 0.0371. The lowest BCUT2D eigenvalue weighted by Gasteiger charge is -2.06. The van der Waals surface area contributed by atoms with E-state index < -0.39 is 0 Å². The maximum atomic E-state index is 11.6. The van der Waals surface area contributed by atoms with E-state index in [0.29, 0.717) is 11.4 Å². The number of rotatable bonds is 4. The summed E-state index contributed by atoms with van der Waals surface area (Å²) in [7, 11) is 0. The molecule has 78 valence electrons. The van der Waals surface area contributed by atoms with E-state index in [1.165, 1.54) is 0 Å². The average molecular weight is 214 g/mol. The largest absolute Gasteiger partial charge is 0.350 e. The van der Waals surface area contributed by atoms with Crippen molar-refractivity contribution in [1.82, 2.24) is 14.9 Å². The molecule has 14 heavy (non-hydrogen) atoms. The van der Waals surface area contributed by atoms with Crippen molar-refractivity contribution in [2.24, 2.45) is 5.73 Å². The van der Waals surface area contributed by atoms with Crippen LogP contribution in [0.15, 0.2) is 0 Å². The molecule has 6 heteroatoms. The predicted octanol–water partition coefficient (Wildman–Crippen LogP) is 0.178. The third-order valence-corrected chi connectivity index (χ3v) is 2.45. The molecule has 0 spiro atoms. The van der Waals surface area contributed by atoms with E-state index in [2.05, 4.69) is 14.9 Å². The van der Waals surface area contributed by atoms with Crippen LogP contribution in [-0.2, 0) is 6.42 Å². The molecule has 1 amide bonds. The minimum atomic E-state index is -0.130. The number of aryl methyl sites for hydroxylation is 1. The van der Waals surface area contributed by atoms with Crippen molar-refractivity contribution in [3.63, 3.8) is 0 Å². The highest BCUT2D eigenvalue weighted by Gasteiger charge is 2.14. The number of carbonyl (C=O) groups excluding carboxylic acids is 1. The minimum Gasteiger partial charge on any atom is -0.350 e. The molecule has 0 saturated heterocycles. The van der Waals surface area contributed by atoms with E-state index in [1.54, 1.807) is 0 Å². The summed E-state index contributed by atoms with van der Waals surface area (Å²) in [5.41, 5.74) is 6.27. The van der Waals surface area contributed by atoms with Crippen LogP contribution in [-0.4, -0.2) is 28.1 Å². The number of nitrogens with two attached hydrogens (primary N) is 1. The molecule has 0 aliphatic rings. The van der Waals surface area contributed by atoms with Crippen LogP contribution < -0.4 is 11.1 Å². The molecule has 0 saturated carbocycles. The second-order valence-corrected chi connectivity index (χ2v) is 3.84. The Kier molecular flexibility index (Phi) is 3.97. The monoisotopic (exact) mass is 214 g/mol. The highest BCUT2D eigenvalue weighted by atomic mass is 32.1. The van der Waals surface area contributed by atoms with Gasteiger partial charge in [0.1, 0.15) is 4.88 Å².